The van der Waals surface area contributed by atoms with Crippen LogP contribution in [0.5, 0.6) is 11.5 Å². The van der Waals surface area contributed by atoms with Gasteiger partial charge in [-0.05, 0) is 49.2 Å². The van der Waals surface area contributed by atoms with Crippen LogP contribution in [0, 0.1) is 5.82 Å². The van der Waals surface area contributed by atoms with Crippen LogP contribution in [-0.2, 0) is 13.0 Å². The second-order valence-electron chi connectivity index (χ2n) is 7.52. The Hall–Kier alpha value is -3.68. The Morgan fingerprint density at radius 3 is 2.88 bits per heavy atom. The molecule has 0 bridgehead atoms. The number of fused-ring (bicyclic) bond motifs is 1. The Kier molecular flexibility index (Phi) is 6.49. The molecular formula is C24H25FN4O3. The van der Waals surface area contributed by atoms with Crippen LogP contribution in [0.4, 0.5) is 10.1 Å². The van der Waals surface area contributed by atoms with Crippen molar-refractivity contribution >= 4 is 11.6 Å². The van der Waals surface area contributed by atoms with Crippen molar-refractivity contribution in [1.82, 2.24) is 14.8 Å². The van der Waals surface area contributed by atoms with E-state index < -0.39 is 11.7 Å². The van der Waals surface area contributed by atoms with Crippen LogP contribution < -0.4 is 14.8 Å². The molecule has 2 aromatic carbocycles. The maximum atomic E-state index is 14.5. The van der Waals surface area contributed by atoms with Gasteiger partial charge in [-0.25, -0.2) is 4.39 Å². The fourth-order valence-corrected chi connectivity index (χ4v) is 3.73. The summed E-state index contributed by atoms with van der Waals surface area (Å²) in [4.78, 5) is 12.8. The first-order valence-electron chi connectivity index (χ1n) is 10.6. The number of aromatic nitrogens is 3. The standard InChI is InChI=1S/C24H25FN4O3/c1-3-13-32-20-11-9-17(15-21(20)31-2)24(30)26-19-14-16(8-10-18(19)25)23-28-27-22-7-5-4-6-12-29(22)23/h3,8-11,14-15H,1,4-7,12-13H2,2H3,(H,26,30). The van der Waals surface area contributed by atoms with Crippen molar-refractivity contribution in [2.75, 3.05) is 19.0 Å². The van der Waals surface area contributed by atoms with Gasteiger partial charge in [0.05, 0.1) is 12.8 Å². The average Bonchev–Trinajstić information content (AvgIpc) is 3.06. The van der Waals surface area contributed by atoms with E-state index in [1.54, 1.807) is 36.4 Å². The van der Waals surface area contributed by atoms with Gasteiger partial charge in [-0.1, -0.05) is 19.1 Å². The molecule has 32 heavy (non-hydrogen) atoms. The summed E-state index contributed by atoms with van der Waals surface area (Å²) >= 11 is 0. The molecular weight excluding hydrogens is 411 g/mol. The molecule has 0 radical (unpaired) electrons. The highest BCUT2D eigenvalue weighted by Gasteiger charge is 2.18. The van der Waals surface area contributed by atoms with E-state index in [1.165, 1.54) is 13.2 Å². The first-order chi connectivity index (χ1) is 15.6. The number of carbonyl (C=O) groups excluding carboxylic acids is 1. The number of carbonyl (C=O) groups is 1. The molecule has 1 aliphatic heterocycles. The van der Waals surface area contributed by atoms with E-state index in [2.05, 4.69) is 26.7 Å². The molecule has 7 nitrogen and oxygen atoms in total. The smallest absolute Gasteiger partial charge is 0.255 e. The molecule has 0 atom stereocenters. The zero-order valence-corrected chi connectivity index (χ0v) is 17.9. The molecule has 4 rings (SSSR count). The third-order valence-electron chi connectivity index (χ3n) is 5.36. The molecule has 166 valence electrons. The quantitative estimate of drug-likeness (QED) is 0.546. The van der Waals surface area contributed by atoms with Crippen LogP contribution in [0.15, 0.2) is 49.1 Å². The Balaban J connectivity index is 1.58. The molecule has 3 aromatic rings. The number of aryl methyl sites for hydroxylation is 1. The van der Waals surface area contributed by atoms with Crippen molar-refractivity contribution in [3.05, 3.63) is 66.3 Å². The largest absolute Gasteiger partial charge is 0.493 e. The van der Waals surface area contributed by atoms with Crippen molar-refractivity contribution in [2.24, 2.45) is 0 Å². The maximum absolute atomic E-state index is 14.5. The molecule has 2 heterocycles. The van der Waals surface area contributed by atoms with Gasteiger partial charge in [0.2, 0.25) is 0 Å². The van der Waals surface area contributed by atoms with Crippen LogP contribution in [-0.4, -0.2) is 34.4 Å². The molecule has 1 aromatic heterocycles. The van der Waals surface area contributed by atoms with Gasteiger partial charge >= 0.3 is 0 Å². The fraction of sp³-hybridized carbons (Fsp3) is 0.292. The minimum atomic E-state index is -0.532. The number of nitrogens with zero attached hydrogens (tertiary/aromatic N) is 3. The van der Waals surface area contributed by atoms with Gasteiger partial charge in [0.25, 0.3) is 5.91 Å². The zero-order chi connectivity index (χ0) is 22.5. The van der Waals surface area contributed by atoms with Gasteiger partial charge in [0, 0.05) is 24.1 Å². The Morgan fingerprint density at radius 2 is 2.06 bits per heavy atom. The van der Waals surface area contributed by atoms with Crippen molar-refractivity contribution < 1.29 is 18.7 Å². The molecule has 1 N–H and O–H groups in total. The zero-order valence-electron chi connectivity index (χ0n) is 17.9. The predicted octanol–water partition coefficient (Wildman–Crippen LogP) is 4.64. The lowest BCUT2D eigenvalue weighted by molar-refractivity contribution is 0.102. The topological polar surface area (TPSA) is 78.3 Å². The molecule has 0 saturated carbocycles. The summed E-state index contributed by atoms with van der Waals surface area (Å²) in [5.41, 5.74) is 1.09. The Bertz CT molecular complexity index is 1140. The number of hydrogen-bond donors (Lipinski definition) is 1. The number of rotatable bonds is 7. The third kappa shape index (κ3) is 4.49. The molecule has 0 unspecified atom stereocenters. The number of anilines is 1. The van der Waals surface area contributed by atoms with E-state index in [0.29, 0.717) is 35.1 Å². The molecule has 0 fully saturated rings. The van der Waals surface area contributed by atoms with Crippen LogP contribution >= 0.6 is 0 Å². The van der Waals surface area contributed by atoms with E-state index in [1.807, 2.05) is 0 Å². The van der Waals surface area contributed by atoms with Crippen molar-refractivity contribution in [3.8, 4) is 22.9 Å². The average molecular weight is 436 g/mol. The van der Waals surface area contributed by atoms with E-state index in [0.717, 1.165) is 38.1 Å². The monoisotopic (exact) mass is 436 g/mol. The second kappa shape index (κ2) is 9.64. The van der Waals surface area contributed by atoms with Crippen LogP contribution in [0.2, 0.25) is 0 Å². The molecule has 1 amide bonds. The summed E-state index contributed by atoms with van der Waals surface area (Å²) in [6, 6.07) is 9.35. The third-order valence-corrected chi connectivity index (χ3v) is 5.36. The van der Waals surface area contributed by atoms with Gasteiger partial charge in [-0.15, -0.1) is 10.2 Å². The van der Waals surface area contributed by atoms with Gasteiger partial charge in [-0.2, -0.15) is 0 Å². The van der Waals surface area contributed by atoms with E-state index in [9.17, 15) is 9.18 Å². The number of methoxy groups -OCH3 is 1. The van der Waals surface area contributed by atoms with Gasteiger partial charge in [0.15, 0.2) is 17.3 Å². The minimum absolute atomic E-state index is 0.0735. The highest BCUT2D eigenvalue weighted by molar-refractivity contribution is 6.05. The van der Waals surface area contributed by atoms with Crippen LogP contribution in [0.25, 0.3) is 11.4 Å². The fourth-order valence-electron chi connectivity index (χ4n) is 3.73. The normalized spacial score (nSPS) is 13.1. The summed E-state index contributed by atoms with van der Waals surface area (Å²) in [6.07, 6.45) is 5.78. The summed E-state index contributed by atoms with van der Waals surface area (Å²) in [7, 11) is 1.49. The van der Waals surface area contributed by atoms with Crippen molar-refractivity contribution in [1.29, 1.82) is 0 Å². The van der Waals surface area contributed by atoms with Gasteiger partial charge < -0.3 is 19.4 Å². The van der Waals surface area contributed by atoms with E-state index in [-0.39, 0.29) is 5.69 Å². The first-order valence-corrected chi connectivity index (χ1v) is 10.6. The number of benzene rings is 2. The van der Waals surface area contributed by atoms with Crippen LogP contribution in [0.3, 0.4) is 0 Å². The number of halogens is 1. The highest BCUT2D eigenvalue weighted by atomic mass is 19.1. The number of ether oxygens (including phenoxy) is 2. The SMILES string of the molecule is C=CCOc1ccc(C(=O)Nc2cc(-c3nnc4n3CCCCC4)ccc2F)cc1OC. The molecule has 0 aliphatic carbocycles. The lowest BCUT2D eigenvalue weighted by atomic mass is 10.1. The highest BCUT2D eigenvalue weighted by Crippen LogP contribution is 2.30. The number of nitrogens with one attached hydrogen (secondary N) is 1. The second-order valence-corrected chi connectivity index (χ2v) is 7.52. The summed E-state index contributed by atoms with van der Waals surface area (Å²) < 4.78 is 27.4. The van der Waals surface area contributed by atoms with Crippen molar-refractivity contribution in [3.63, 3.8) is 0 Å². The Labute approximate surface area is 185 Å². The molecule has 8 heteroatoms. The molecule has 0 spiro atoms. The summed E-state index contributed by atoms with van der Waals surface area (Å²) in [5.74, 6) is 1.52. The minimum Gasteiger partial charge on any atom is -0.493 e. The van der Waals surface area contributed by atoms with Crippen molar-refractivity contribution in [2.45, 2.75) is 32.2 Å². The summed E-state index contributed by atoms with van der Waals surface area (Å²) in [5, 5.41) is 11.3. The van der Waals surface area contributed by atoms with Gasteiger partial charge in [-0.3, -0.25) is 4.79 Å². The lowest BCUT2D eigenvalue weighted by Crippen LogP contribution is -2.13. The molecule has 1 aliphatic rings. The molecule has 0 saturated heterocycles. The lowest BCUT2D eigenvalue weighted by Gasteiger charge is -2.12. The van der Waals surface area contributed by atoms with Gasteiger partial charge in [0.1, 0.15) is 18.2 Å². The number of hydrogen-bond acceptors (Lipinski definition) is 5. The Morgan fingerprint density at radius 1 is 1.19 bits per heavy atom. The van der Waals surface area contributed by atoms with E-state index in [4.69, 9.17) is 9.47 Å². The number of amides is 1. The van der Waals surface area contributed by atoms with E-state index >= 15 is 0 Å². The summed E-state index contributed by atoms with van der Waals surface area (Å²) in [6.45, 7) is 4.75. The predicted molar refractivity (Wildman–Crippen MR) is 120 cm³/mol. The first kappa shape index (κ1) is 21.5. The van der Waals surface area contributed by atoms with Crippen LogP contribution in [0.1, 0.15) is 35.4 Å². The maximum Gasteiger partial charge on any atom is 0.255 e.